The average molecular weight is 422 g/mol. The largest absolute Gasteiger partial charge is 0.508 e. The van der Waals surface area contributed by atoms with Crippen LogP contribution in [0.15, 0.2) is 53.6 Å². The van der Waals surface area contributed by atoms with Crippen LogP contribution in [0.1, 0.15) is 55.2 Å². The van der Waals surface area contributed by atoms with E-state index in [0.717, 1.165) is 66.7 Å². The number of piperidine rings is 1. The predicted molar refractivity (Wildman–Crippen MR) is 123 cm³/mol. The molecule has 4 heteroatoms. The Morgan fingerprint density at radius 1 is 0.867 bits per heavy atom. The van der Waals surface area contributed by atoms with E-state index in [1.807, 2.05) is 48.6 Å². The molecule has 0 radical (unpaired) electrons. The molecule has 2 fully saturated rings. The van der Waals surface area contributed by atoms with E-state index in [1.165, 1.54) is 19.3 Å². The Labute approximate surface area is 183 Å². The van der Waals surface area contributed by atoms with Crippen LogP contribution in [-0.4, -0.2) is 28.9 Å². The van der Waals surface area contributed by atoms with E-state index in [2.05, 4.69) is 4.90 Å². The second-order valence-electron chi connectivity index (χ2n) is 8.30. The van der Waals surface area contributed by atoms with Crippen LogP contribution in [0.2, 0.25) is 5.02 Å². The van der Waals surface area contributed by atoms with Crippen LogP contribution in [0.3, 0.4) is 0 Å². The molecule has 0 unspecified atom stereocenters. The lowest BCUT2D eigenvalue weighted by Gasteiger charge is -2.26. The average Bonchev–Trinajstić information content (AvgIpc) is 2.76. The fourth-order valence-corrected chi connectivity index (χ4v) is 4.45. The molecule has 0 atom stereocenters. The first kappa shape index (κ1) is 20.9. The first-order chi connectivity index (χ1) is 14.6. The number of allylic oxidation sites excluding steroid dienone is 2. The van der Waals surface area contributed by atoms with Crippen molar-refractivity contribution in [3.05, 3.63) is 75.3 Å². The maximum Gasteiger partial charge on any atom is 0.185 e. The highest BCUT2D eigenvalue weighted by Gasteiger charge is 2.21. The molecule has 0 aromatic heterocycles. The summed E-state index contributed by atoms with van der Waals surface area (Å²) in [4.78, 5) is 15.4. The summed E-state index contributed by atoms with van der Waals surface area (Å²) in [6.07, 6.45) is 10.3. The summed E-state index contributed by atoms with van der Waals surface area (Å²) in [7, 11) is 0. The zero-order valence-corrected chi connectivity index (χ0v) is 18.0. The van der Waals surface area contributed by atoms with Crippen molar-refractivity contribution >= 4 is 29.5 Å². The number of phenols is 1. The monoisotopic (exact) mass is 421 g/mol. The third kappa shape index (κ3) is 5.21. The van der Waals surface area contributed by atoms with Crippen molar-refractivity contribution in [2.45, 2.75) is 45.1 Å². The maximum atomic E-state index is 13.0. The van der Waals surface area contributed by atoms with Crippen molar-refractivity contribution in [3.8, 4) is 5.75 Å². The molecule has 1 aliphatic heterocycles. The van der Waals surface area contributed by atoms with Crippen molar-refractivity contribution < 1.29 is 9.90 Å². The van der Waals surface area contributed by atoms with E-state index in [0.29, 0.717) is 10.8 Å². The van der Waals surface area contributed by atoms with Crippen molar-refractivity contribution in [1.29, 1.82) is 0 Å². The number of ketones is 1. The summed E-state index contributed by atoms with van der Waals surface area (Å²) >= 11 is 5.96. The summed E-state index contributed by atoms with van der Waals surface area (Å²) in [5.74, 6) is 0.461. The lowest BCUT2D eigenvalue weighted by molar-refractivity contribution is -0.112. The molecule has 0 spiro atoms. The number of halogens is 1. The number of Topliss-reactive ketones (excluding diaryl/α,β-unsaturated/α-hetero) is 1. The highest BCUT2D eigenvalue weighted by Crippen LogP contribution is 2.30. The van der Waals surface area contributed by atoms with E-state index in [1.54, 1.807) is 6.07 Å². The Hall–Kier alpha value is -2.36. The third-order valence-electron chi connectivity index (χ3n) is 5.97. The van der Waals surface area contributed by atoms with Gasteiger partial charge in [0.05, 0.1) is 0 Å². The van der Waals surface area contributed by atoms with E-state index < -0.39 is 0 Å². The SMILES string of the molecule is O=C1/C(=C\c2ccc(O)c(CN3CCCCC3)c2)CCC/C1=C\c1ccc(Cl)cc1. The molecule has 1 saturated heterocycles. The van der Waals surface area contributed by atoms with Gasteiger partial charge in [-0.05, 0) is 92.7 Å². The molecule has 2 aromatic rings. The van der Waals surface area contributed by atoms with Gasteiger partial charge in [0.2, 0.25) is 0 Å². The van der Waals surface area contributed by atoms with Crippen LogP contribution in [0.25, 0.3) is 12.2 Å². The van der Waals surface area contributed by atoms with E-state index in [4.69, 9.17) is 11.6 Å². The molecule has 2 aliphatic rings. The van der Waals surface area contributed by atoms with Crippen molar-refractivity contribution in [2.24, 2.45) is 0 Å². The number of carbonyl (C=O) groups excluding carboxylic acids is 1. The second-order valence-corrected chi connectivity index (χ2v) is 8.73. The molecule has 0 amide bonds. The quantitative estimate of drug-likeness (QED) is 0.593. The first-order valence-electron chi connectivity index (χ1n) is 10.8. The van der Waals surface area contributed by atoms with Crippen molar-refractivity contribution in [2.75, 3.05) is 13.1 Å². The number of likely N-dealkylation sites (tertiary alicyclic amines) is 1. The van der Waals surface area contributed by atoms with Gasteiger partial charge < -0.3 is 5.11 Å². The van der Waals surface area contributed by atoms with E-state index >= 15 is 0 Å². The van der Waals surface area contributed by atoms with Crippen LogP contribution in [0.4, 0.5) is 0 Å². The number of rotatable bonds is 4. The minimum atomic E-state index is 0.127. The molecular formula is C26H28ClNO2. The molecule has 156 valence electrons. The molecule has 1 aliphatic carbocycles. The normalized spacial score (nSPS) is 20.8. The highest BCUT2D eigenvalue weighted by atomic mass is 35.5. The third-order valence-corrected chi connectivity index (χ3v) is 6.23. The minimum absolute atomic E-state index is 0.127. The number of hydrogen-bond acceptors (Lipinski definition) is 3. The fourth-order valence-electron chi connectivity index (χ4n) is 4.32. The van der Waals surface area contributed by atoms with Crippen LogP contribution in [0, 0.1) is 0 Å². The standard InChI is InChI=1S/C26H28ClNO2/c27-24-10-7-19(8-11-24)15-21-5-4-6-22(26(21)30)16-20-9-12-25(29)23(17-20)18-28-13-2-1-3-14-28/h7-12,15-17,29H,1-6,13-14,18H2/b21-15+,22-16-. The Balaban J connectivity index is 1.54. The first-order valence-corrected chi connectivity index (χ1v) is 11.2. The predicted octanol–water partition coefficient (Wildman–Crippen LogP) is 6.25. The lowest BCUT2D eigenvalue weighted by Crippen LogP contribution is -2.29. The number of hydrogen-bond donors (Lipinski definition) is 1. The second kappa shape index (κ2) is 9.63. The number of nitrogens with zero attached hydrogens (tertiary/aromatic N) is 1. The maximum absolute atomic E-state index is 13.0. The van der Waals surface area contributed by atoms with Crippen LogP contribution in [-0.2, 0) is 11.3 Å². The van der Waals surface area contributed by atoms with Gasteiger partial charge in [0, 0.05) is 28.3 Å². The molecule has 4 rings (SSSR count). The number of phenolic OH excluding ortho intramolecular Hbond substituents is 1. The van der Waals surface area contributed by atoms with Gasteiger partial charge in [0.25, 0.3) is 0 Å². The zero-order chi connectivity index (χ0) is 20.9. The van der Waals surface area contributed by atoms with Crippen LogP contribution < -0.4 is 0 Å². The number of aromatic hydroxyl groups is 1. The van der Waals surface area contributed by atoms with Crippen molar-refractivity contribution in [3.63, 3.8) is 0 Å². The summed E-state index contributed by atoms with van der Waals surface area (Å²) in [5, 5.41) is 11.0. The van der Waals surface area contributed by atoms with Gasteiger partial charge in [-0.1, -0.05) is 36.2 Å². The summed E-state index contributed by atoms with van der Waals surface area (Å²) in [6.45, 7) is 2.93. The lowest BCUT2D eigenvalue weighted by atomic mass is 9.86. The van der Waals surface area contributed by atoms with Crippen molar-refractivity contribution in [1.82, 2.24) is 4.90 Å². The van der Waals surface area contributed by atoms with Gasteiger partial charge in [-0.2, -0.15) is 0 Å². The summed E-state index contributed by atoms with van der Waals surface area (Å²) in [6, 6.07) is 13.2. The Morgan fingerprint density at radius 3 is 2.20 bits per heavy atom. The molecule has 2 aromatic carbocycles. The minimum Gasteiger partial charge on any atom is -0.508 e. The number of carbonyl (C=O) groups is 1. The van der Waals surface area contributed by atoms with Crippen LogP contribution in [0.5, 0.6) is 5.75 Å². The Morgan fingerprint density at radius 2 is 1.50 bits per heavy atom. The Bertz CT molecular complexity index is 969. The molecular weight excluding hydrogens is 394 g/mol. The van der Waals surface area contributed by atoms with Gasteiger partial charge in [-0.3, -0.25) is 9.69 Å². The number of benzene rings is 2. The fraction of sp³-hybridized carbons (Fsp3) is 0.346. The summed E-state index contributed by atoms with van der Waals surface area (Å²) < 4.78 is 0. The molecule has 30 heavy (non-hydrogen) atoms. The molecule has 1 N–H and O–H groups in total. The Kier molecular flexibility index (Phi) is 6.71. The highest BCUT2D eigenvalue weighted by molar-refractivity contribution is 6.30. The molecule has 0 bridgehead atoms. The molecule has 3 nitrogen and oxygen atoms in total. The molecule has 1 heterocycles. The van der Waals surface area contributed by atoms with Gasteiger partial charge in [0.15, 0.2) is 5.78 Å². The van der Waals surface area contributed by atoms with Crippen LogP contribution >= 0.6 is 11.6 Å². The molecule has 1 saturated carbocycles. The summed E-state index contributed by atoms with van der Waals surface area (Å²) in [5.41, 5.74) is 4.61. The topological polar surface area (TPSA) is 40.5 Å². The van der Waals surface area contributed by atoms with E-state index in [9.17, 15) is 9.90 Å². The van der Waals surface area contributed by atoms with Gasteiger partial charge in [-0.25, -0.2) is 0 Å². The zero-order valence-electron chi connectivity index (χ0n) is 17.2. The van der Waals surface area contributed by atoms with Gasteiger partial charge in [-0.15, -0.1) is 0 Å². The van der Waals surface area contributed by atoms with Gasteiger partial charge >= 0.3 is 0 Å². The van der Waals surface area contributed by atoms with Gasteiger partial charge in [0.1, 0.15) is 5.75 Å². The van der Waals surface area contributed by atoms with E-state index in [-0.39, 0.29) is 5.78 Å². The smallest absolute Gasteiger partial charge is 0.185 e.